The average Bonchev–Trinajstić information content (AvgIpc) is 2.63. The molecule has 5 heteroatoms. The number of benzene rings is 2. The molecule has 1 atom stereocenters. The van der Waals surface area contributed by atoms with Crippen LogP contribution in [0.4, 0.5) is 0 Å². The summed E-state index contributed by atoms with van der Waals surface area (Å²) in [5, 5.41) is 32.2. The smallest absolute Gasteiger partial charge is 0.157 e. The van der Waals surface area contributed by atoms with Crippen LogP contribution in [-0.4, -0.2) is 28.4 Å². The van der Waals surface area contributed by atoms with Gasteiger partial charge in [0.25, 0.3) is 0 Å². The topological polar surface area (TPSA) is 72.7 Å². The van der Waals surface area contributed by atoms with E-state index in [9.17, 15) is 15.3 Å². The maximum atomic E-state index is 9.77. The predicted molar refractivity (Wildman–Crippen MR) is 86.6 cm³/mol. The number of nitrogens with one attached hydrogen (secondary N) is 1. The molecule has 0 spiro atoms. The molecule has 4 N–H and O–H groups in total. The van der Waals surface area contributed by atoms with Crippen molar-refractivity contribution in [2.24, 2.45) is 0 Å². The molecule has 0 bridgehead atoms. The monoisotopic (exact) mass is 351 g/mol. The Morgan fingerprint density at radius 3 is 2.33 bits per heavy atom. The molecule has 0 radical (unpaired) electrons. The lowest BCUT2D eigenvalue weighted by Crippen LogP contribution is -2.20. The summed E-state index contributed by atoms with van der Waals surface area (Å²) in [7, 11) is 0. The molecule has 1 unspecified atom stereocenters. The second-order valence-electron chi connectivity index (χ2n) is 5.14. The van der Waals surface area contributed by atoms with Gasteiger partial charge in [-0.3, -0.25) is 0 Å². The summed E-state index contributed by atoms with van der Waals surface area (Å²) in [5.74, 6) is 0.174. The molecule has 112 valence electrons. The summed E-state index contributed by atoms with van der Waals surface area (Å²) < 4.78 is 0. The quantitative estimate of drug-likeness (QED) is 0.596. The average molecular weight is 352 g/mol. The normalized spacial score (nSPS) is 17.4. The first-order chi connectivity index (χ1) is 9.65. The van der Waals surface area contributed by atoms with Crippen LogP contribution in [0, 0.1) is 0 Å². The molecule has 2 aromatic carbocycles. The van der Waals surface area contributed by atoms with Crippen LogP contribution >= 0.6 is 17.0 Å². The number of phenolic OH excluding ortho intramolecular Hbond substituents is 3. The van der Waals surface area contributed by atoms with Crippen LogP contribution in [0.1, 0.15) is 22.6 Å². The minimum atomic E-state index is -0.0885. The zero-order chi connectivity index (χ0) is 14.1. The van der Waals surface area contributed by atoms with Crippen LogP contribution in [0.25, 0.3) is 0 Å². The van der Waals surface area contributed by atoms with Gasteiger partial charge in [-0.2, -0.15) is 0 Å². The lowest BCUT2D eigenvalue weighted by atomic mass is 9.88. The predicted octanol–water partition coefficient (Wildman–Crippen LogP) is 2.66. The maximum absolute atomic E-state index is 9.77. The summed E-state index contributed by atoms with van der Waals surface area (Å²) in [6.45, 7) is 1.60. The van der Waals surface area contributed by atoms with Crippen molar-refractivity contribution in [2.45, 2.75) is 12.3 Å². The fraction of sp³-hybridized carbons (Fsp3) is 0.250. The molecular formula is C16H18BrNO3. The van der Waals surface area contributed by atoms with Crippen LogP contribution < -0.4 is 5.32 Å². The van der Waals surface area contributed by atoms with E-state index in [2.05, 4.69) is 5.32 Å². The molecule has 0 amide bonds. The van der Waals surface area contributed by atoms with E-state index in [-0.39, 0.29) is 40.1 Å². The molecule has 1 heterocycles. The van der Waals surface area contributed by atoms with Gasteiger partial charge in [0, 0.05) is 12.5 Å². The Balaban J connectivity index is 0.00000161. The highest BCUT2D eigenvalue weighted by molar-refractivity contribution is 8.93. The number of hydrogen-bond donors (Lipinski definition) is 4. The number of halogens is 1. The van der Waals surface area contributed by atoms with E-state index < -0.39 is 0 Å². The Kier molecular flexibility index (Phi) is 4.75. The van der Waals surface area contributed by atoms with E-state index in [4.69, 9.17) is 0 Å². The summed E-state index contributed by atoms with van der Waals surface area (Å²) in [6.07, 6.45) is 0.817. The van der Waals surface area contributed by atoms with Crippen molar-refractivity contribution in [3.63, 3.8) is 0 Å². The highest BCUT2D eigenvalue weighted by Crippen LogP contribution is 2.36. The van der Waals surface area contributed by atoms with Crippen molar-refractivity contribution in [3.05, 3.63) is 53.1 Å². The SMILES string of the molecule is Br.Oc1ccc(C2CNCCc3cc(O)c(O)cc32)cc1. The number of aromatic hydroxyl groups is 3. The molecule has 4 nitrogen and oxygen atoms in total. The van der Waals surface area contributed by atoms with E-state index in [1.807, 2.05) is 12.1 Å². The third-order valence-corrected chi connectivity index (χ3v) is 3.83. The Hall–Kier alpha value is -1.72. The Labute approximate surface area is 133 Å². The Bertz CT molecular complexity index is 628. The van der Waals surface area contributed by atoms with Crippen LogP contribution in [0.2, 0.25) is 0 Å². The highest BCUT2D eigenvalue weighted by atomic mass is 79.9. The fourth-order valence-corrected chi connectivity index (χ4v) is 2.76. The molecule has 0 saturated heterocycles. The summed E-state index contributed by atoms with van der Waals surface area (Å²) in [4.78, 5) is 0. The lowest BCUT2D eigenvalue weighted by molar-refractivity contribution is 0.402. The third kappa shape index (κ3) is 3.14. The summed E-state index contributed by atoms with van der Waals surface area (Å²) in [6, 6.07) is 10.4. The summed E-state index contributed by atoms with van der Waals surface area (Å²) >= 11 is 0. The standard InChI is InChI=1S/C16H17NO3.BrH/c18-12-3-1-10(2-4-12)14-9-17-6-5-11-7-15(19)16(20)8-13(11)14;/h1-4,7-8,14,17-20H,5-6,9H2;1H. The molecule has 0 fully saturated rings. The maximum Gasteiger partial charge on any atom is 0.157 e. The van der Waals surface area contributed by atoms with Gasteiger partial charge in [0.05, 0.1) is 0 Å². The number of phenols is 3. The van der Waals surface area contributed by atoms with Gasteiger partial charge in [-0.25, -0.2) is 0 Å². The molecule has 1 aliphatic rings. The van der Waals surface area contributed by atoms with Crippen LogP contribution in [0.3, 0.4) is 0 Å². The Morgan fingerprint density at radius 1 is 0.952 bits per heavy atom. The van der Waals surface area contributed by atoms with Crippen molar-refractivity contribution in [3.8, 4) is 17.2 Å². The third-order valence-electron chi connectivity index (χ3n) is 3.83. The lowest BCUT2D eigenvalue weighted by Gasteiger charge is -2.19. The van der Waals surface area contributed by atoms with Gasteiger partial charge in [0.2, 0.25) is 0 Å². The molecule has 21 heavy (non-hydrogen) atoms. The molecule has 2 aromatic rings. The first-order valence-corrected chi connectivity index (χ1v) is 6.69. The van der Waals surface area contributed by atoms with E-state index in [0.29, 0.717) is 0 Å². The van der Waals surface area contributed by atoms with Crippen LogP contribution in [-0.2, 0) is 6.42 Å². The van der Waals surface area contributed by atoms with Gasteiger partial charge < -0.3 is 20.6 Å². The van der Waals surface area contributed by atoms with Crippen molar-refractivity contribution in [1.29, 1.82) is 0 Å². The fourth-order valence-electron chi connectivity index (χ4n) is 2.76. The highest BCUT2D eigenvalue weighted by Gasteiger charge is 2.22. The molecule has 1 aliphatic heterocycles. The molecule has 0 saturated carbocycles. The first kappa shape index (κ1) is 15.7. The number of fused-ring (bicyclic) bond motifs is 1. The van der Waals surface area contributed by atoms with Gasteiger partial charge in [-0.05, 0) is 53.9 Å². The van der Waals surface area contributed by atoms with Crippen LogP contribution in [0.5, 0.6) is 17.2 Å². The van der Waals surface area contributed by atoms with Crippen molar-refractivity contribution < 1.29 is 15.3 Å². The molecule has 0 aromatic heterocycles. The molecule has 0 aliphatic carbocycles. The molecular weight excluding hydrogens is 334 g/mol. The van der Waals surface area contributed by atoms with E-state index in [0.717, 1.165) is 36.2 Å². The second kappa shape index (κ2) is 6.37. The summed E-state index contributed by atoms with van der Waals surface area (Å²) in [5.41, 5.74) is 3.14. The van der Waals surface area contributed by atoms with Crippen molar-refractivity contribution >= 4 is 17.0 Å². The minimum absolute atomic E-state index is 0. The van der Waals surface area contributed by atoms with Gasteiger partial charge in [-0.1, -0.05) is 12.1 Å². The number of hydrogen-bond acceptors (Lipinski definition) is 4. The van der Waals surface area contributed by atoms with E-state index >= 15 is 0 Å². The van der Waals surface area contributed by atoms with Gasteiger partial charge >= 0.3 is 0 Å². The molecule has 3 rings (SSSR count). The minimum Gasteiger partial charge on any atom is -0.508 e. The van der Waals surface area contributed by atoms with E-state index in [1.165, 1.54) is 0 Å². The van der Waals surface area contributed by atoms with E-state index in [1.54, 1.807) is 24.3 Å². The van der Waals surface area contributed by atoms with Crippen molar-refractivity contribution in [2.75, 3.05) is 13.1 Å². The largest absolute Gasteiger partial charge is 0.508 e. The zero-order valence-corrected chi connectivity index (χ0v) is 13.1. The van der Waals surface area contributed by atoms with Crippen molar-refractivity contribution in [1.82, 2.24) is 5.32 Å². The van der Waals surface area contributed by atoms with Gasteiger partial charge in [-0.15, -0.1) is 17.0 Å². The number of rotatable bonds is 1. The van der Waals surface area contributed by atoms with Gasteiger partial charge in [0.1, 0.15) is 5.75 Å². The zero-order valence-electron chi connectivity index (χ0n) is 11.4. The van der Waals surface area contributed by atoms with Crippen LogP contribution in [0.15, 0.2) is 36.4 Å². The second-order valence-corrected chi connectivity index (χ2v) is 5.14. The first-order valence-electron chi connectivity index (χ1n) is 6.69. The Morgan fingerprint density at radius 2 is 1.62 bits per heavy atom. The van der Waals surface area contributed by atoms with Gasteiger partial charge in [0.15, 0.2) is 11.5 Å².